The Kier molecular flexibility index (Phi) is 11.7. The summed E-state index contributed by atoms with van der Waals surface area (Å²) in [6, 6.07) is 10.0. The molecule has 0 N–H and O–H groups in total. The summed E-state index contributed by atoms with van der Waals surface area (Å²) in [5.74, 6) is 0.922. The third-order valence-corrected chi connectivity index (χ3v) is 7.58. The molecule has 34 heavy (non-hydrogen) atoms. The molecule has 1 aromatic rings. The normalized spacial score (nSPS) is 15.1. The Morgan fingerprint density at radius 1 is 0.912 bits per heavy atom. The number of ether oxygens (including phenoxy) is 1. The summed E-state index contributed by atoms with van der Waals surface area (Å²) in [6.07, 6.45) is 10.6. The van der Waals surface area contributed by atoms with Gasteiger partial charge in [-0.2, -0.15) is 0 Å². The van der Waals surface area contributed by atoms with Crippen molar-refractivity contribution < 1.29 is 23.4 Å². The van der Waals surface area contributed by atoms with Gasteiger partial charge in [0.25, 0.3) is 0 Å². The molecule has 187 valence electrons. The van der Waals surface area contributed by atoms with Gasteiger partial charge in [0.2, 0.25) is 0 Å². The number of benzene rings is 1. The molecule has 0 aromatic heterocycles. The van der Waals surface area contributed by atoms with Gasteiger partial charge in [-0.3, -0.25) is 0 Å². The summed E-state index contributed by atoms with van der Waals surface area (Å²) < 4.78 is 9.29. The Balaban J connectivity index is 0.000000380. The van der Waals surface area contributed by atoms with Crippen molar-refractivity contribution in [3.8, 4) is 5.75 Å². The van der Waals surface area contributed by atoms with Crippen LogP contribution in [0.1, 0.15) is 89.5 Å². The molecule has 1 aliphatic carbocycles. The Morgan fingerprint density at radius 3 is 1.91 bits per heavy atom. The minimum atomic E-state index is 0.0803. The van der Waals surface area contributed by atoms with Crippen LogP contribution in [0.4, 0.5) is 0 Å². The van der Waals surface area contributed by atoms with Crippen LogP contribution in [-0.2, 0) is 18.7 Å². The van der Waals surface area contributed by atoms with Crippen molar-refractivity contribution in [2.24, 2.45) is 16.2 Å². The fourth-order valence-corrected chi connectivity index (χ4v) is 5.21. The van der Waals surface area contributed by atoms with Crippen LogP contribution in [-0.4, -0.2) is 10.4 Å². The monoisotopic (exact) mass is 497 g/mol. The molecule has 0 unspecified atom stereocenters. The molecular formula is C32H49OTi. The van der Waals surface area contributed by atoms with Crippen molar-refractivity contribution >= 4 is 3.81 Å². The van der Waals surface area contributed by atoms with Crippen molar-refractivity contribution in [3.63, 3.8) is 0 Å². The van der Waals surface area contributed by atoms with E-state index < -0.39 is 0 Å². The van der Waals surface area contributed by atoms with Crippen LogP contribution < -0.4 is 4.74 Å². The zero-order valence-corrected chi connectivity index (χ0v) is 25.6. The zero-order chi connectivity index (χ0) is 26.2. The van der Waals surface area contributed by atoms with Crippen molar-refractivity contribution in [3.05, 3.63) is 75.2 Å². The molecule has 0 atom stereocenters. The van der Waals surface area contributed by atoms with Crippen LogP contribution in [0.3, 0.4) is 0 Å². The Morgan fingerprint density at radius 2 is 1.50 bits per heavy atom. The van der Waals surface area contributed by atoms with Crippen molar-refractivity contribution in [1.29, 1.82) is 0 Å². The van der Waals surface area contributed by atoms with Crippen LogP contribution in [0.2, 0.25) is 0 Å². The van der Waals surface area contributed by atoms with E-state index in [-0.39, 0.29) is 29.5 Å². The molecular weight excluding hydrogens is 448 g/mol. The molecule has 2 heteroatoms. The molecule has 0 saturated carbocycles. The van der Waals surface area contributed by atoms with E-state index in [0.717, 1.165) is 5.75 Å². The zero-order valence-electron chi connectivity index (χ0n) is 24.0. The van der Waals surface area contributed by atoms with Crippen LogP contribution in [0, 0.1) is 16.2 Å². The van der Waals surface area contributed by atoms with E-state index in [1.807, 2.05) is 30.3 Å². The standard InChI is InChI=1S/C20H30O.C9H13.C3H6.Ti/c1-8-16(19(2,3)4)14-17(20(5,6)7)15-21-18-12-10-9-11-13-18;1-9(2,3)8-6-4-5-7-8;1-3-2;/h8-14H,15H2,1-7H3;6-7H,4H2,1-3H3;1-2H3;. The van der Waals surface area contributed by atoms with E-state index in [1.54, 1.807) is 7.69 Å². The summed E-state index contributed by atoms with van der Waals surface area (Å²) in [4.78, 5) is 0. The molecule has 0 spiro atoms. The molecule has 0 amide bonds. The maximum atomic E-state index is 5.96. The summed E-state index contributed by atoms with van der Waals surface area (Å²) in [6.45, 7) is 27.6. The topological polar surface area (TPSA) is 9.23 Å². The van der Waals surface area contributed by atoms with E-state index in [1.165, 1.54) is 23.1 Å². The molecule has 0 radical (unpaired) electrons. The SMILES string of the molecule is CC=C(C=C(COc1ccccc1)C(C)(C)C)C(C)(C)C.C[C](C)=[Ti][C]1=CC(C(C)(C)C)=CC1. The molecule has 1 aliphatic rings. The predicted octanol–water partition coefficient (Wildman–Crippen LogP) is 9.57. The van der Waals surface area contributed by atoms with Gasteiger partial charge in [0.1, 0.15) is 12.4 Å². The molecule has 0 aliphatic heterocycles. The number of rotatable bonds is 5. The quantitative estimate of drug-likeness (QED) is 0.291. The van der Waals surface area contributed by atoms with Gasteiger partial charge in [0, 0.05) is 0 Å². The van der Waals surface area contributed by atoms with Gasteiger partial charge in [-0.05, 0) is 41.0 Å². The van der Waals surface area contributed by atoms with E-state index in [4.69, 9.17) is 4.74 Å². The van der Waals surface area contributed by atoms with E-state index in [0.29, 0.717) is 12.0 Å². The molecule has 1 nitrogen and oxygen atoms in total. The Labute approximate surface area is 219 Å². The van der Waals surface area contributed by atoms with Crippen molar-refractivity contribution in [1.82, 2.24) is 0 Å². The maximum absolute atomic E-state index is 5.96. The van der Waals surface area contributed by atoms with Crippen LogP contribution in [0.5, 0.6) is 5.75 Å². The third kappa shape index (κ3) is 11.3. The fourth-order valence-electron chi connectivity index (χ4n) is 3.53. The van der Waals surface area contributed by atoms with Gasteiger partial charge in [-0.1, -0.05) is 71.9 Å². The van der Waals surface area contributed by atoms with Crippen LogP contribution in [0.25, 0.3) is 0 Å². The van der Waals surface area contributed by atoms with Gasteiger partial charge in [-0.25, -0.2) is 0 Å². The summed E-state index contributed by atoms with van der Waals surface area (Å²) in [5.41, 5.74) is 4.79. The second-order valence-corrected chi connectivity index (χ2v) is 15.4. The molecule has 1 aromatic carbocycles. The molecule has 0 heterocycles. The first-order chi connectivity index (χ1) is 15.5. The second-order valence-electron chi connectivity index (χ2n) is 12.4. The van der Waals surface area contributed by atoms with Gasteiger partial charge in [0.15, 0.2) is 0 Å². The Bertz CT molecular complexity index is 929. The number of hydrogen-bond donors (Lipinski definition) is 0. The van der Waals surface area contributed by atoms with Crippen molar-refractivity contribution in [2.45, 2.75) is 89.5 Å². The van der Waals surface area contributed by atoms with Gasteiger partial charge < -0.3 is 4.74 Å². The fraction of sp³-hybridized carbons (Fsp3) is 0.531. The predicted molar refractivity (Wildman–Crippen MR) is 149 cm³/mol. The molecule has 2 rings (SSSR count). The van der Waals surface area contributed by atoms with Crippen molar-refractivity contribution in [2.75, 3.05) is 6.61 Å². The first-order valence-corrected chi connectivity index (χ1v) is 14.1. The first-order valence-electron chi connectivity index (χ1n) is 12.6. The average Bonchev–Trinajstić information content (AvgIpc) is 3.15. The second kappa shape index (κ2) is 13.0. The summed E-state index contributed by atoms with van der Waals surface area (Å²) >= 11 is 0.0803. The number of hydrogen-bond acceptors (Lipinski definition) is 1. The summed E-state index contributed by atoms with van der Waals surface area (Å²) in [7, 11) is 0. The van der Waals surface area contributed by atoms with Crippen LogP contribution in [0.15, 0.2) is 75.2 Å². The third-order valence-electron chi connectivity index (χ3n) is 5.76. The van der Waals surface area contributed by atoms with Gasteiger partial charge in [0.05, 0.1) is 0 Å². The molecule has 0 fully saturated rings. The van der Waals surface area contributed by atoms with Crippen LogP contribution >= 0.6 is 0 Å². The minimum absolute atomic E-state index is 0.0803. The van der Waals surface area contributed by atoms with Gasteiger partial charge in [-0.15, -0.1) is 0 Å². The van der Waals surface area contributed by atoms with E-state index >= 15 is 0 Å². The molecule has 0 bridgehead atoms. The molecule has 0 saturated heterocycles. The first kappa shape index (κ1) is 30.6. The Hall–Kier alpha value is -1.44. The average molecular weight is 498 g/mol. The van der Waals surface area contributed by atoms with E-state index in [2.05, 4.69) is 107 Å². The number of para-hydroxylation sites is 1. The number of allylic oxidation sites excluding steroid dienone is 7. The summed E-state index contributed by atoms with van der Waals surface area (Å²) in [5, 5.41) is 0. The van der Waals surface area contributed by atoms with E-state index in [9.17, 15) is 0 Å². The van der Waals surface area contributed by atoms with Gasteiger partial charge >= 0.3 is 90.6 Å².